The fraction of sp³-hybridized carbons (Fsp3) is 0.143. The number of hydrogen-bond acceptors (Lipinski definition) is 5. The van der Waals surface area contributed by atoms with E-state index in [2.05, 4.69) is 6.58 Å². The molecule has 0 aliphatic carbocycles. The molecule has 1 aliphatic heterocycles. The van der Waals surface area contributed by atoms with Crippen molar-refractivity contribution in [1.82, 2.24) is 0 Å². The van der Waals surface area contributed by atoms with Crippen LogP contribution in [0.3, 0.4) is 0 Å². The van der Waals surface area contributed by atoms with Crippen LogP contribution in [0.2, 0.25) is 10.0 Å². The van der Waals surface area contributed by atoms with Crippen molar-refractivity contribution >= 4 is 69.2 Å². The minimum atomic E-state index is -0.248. The SMILES string of the molecule is C=CCc1cc(/C=C2/SC(=S)N(c3ccc(Cl)cc3Cl)C2=O)cc(OCC)c1OCc1ccccc1. The van der Waals surface area contributed by atoms with E-state index in [9.17, 15) is 4.79 Å². The van der Waals surface area contributed by atoms with E-state index < -0.39 is 0 Å². The number of anilines is 1. The van der Waals surface area contributed by atoms with Gasteiger partial charge in [-0.15, -0.1) is 6.58 Å². The number of ether oxygens (including phenoxy) is 2. The van der Waals surface area contributed by atoms with Crippen LogP contribution in [0.5, 0.6) is 11.5 Å². The van der Waals surface area contributed by atoms with Crippen LogP contribution in [0.25, 0.3) is 6.08 Å². The minimum absolute atomic E-state index is 0.248. The number of carbonyl (C=O) groups excluding carboxylic acids is 1. The number of carbonyl (C=O) groups is 1. The molecule has 1 heterocycles. The molecular weight excluding hydrogens is 533 g/mol. The zero-order chi connectivity index (χ0) is 25.7. The second-order valence-corrected chi connectivity index (χ2v) is 10.3. The highest BCUT2D eigenvalue weighted by molar-refractivity contribution is 8.27. The summed E-state index contributed by atoms with van der Waals surface area (Å²) in [4.78, 5) is 15.2. The molecule has 1 aliphatic rings. The summed E-state index contributed by atoms with van der Waals surface area (Å²) in [5, 5.41) is 0.837. The fourth-order valence-electron chi connectivity index (χ4n) is 3.72. The average molecular weight is 557 g/mol. The van der Waals surface area contributed by atoms with Crippen LogP contribution in [-0.4, -0.2) is 16.8 Å². The first-order valence-corrected chi connectivity index (χ1v) is 13.2. The van der Waals surface area contributed by atoms with Gasteiger partial charge in [0.2, 0.25) is 0 Å². The summed E-state index contributed by atoms with van der Waals surface area (Å²) in [5.41, 5.74) is 3.26. The van der Waals surface area contributed by atoms with Gasteiger partial charge in [0.05, 0.1) is 22.2 Å². The summed E-state index contributed by atoms with van der Waals surface area (Å²) in [5.74, 6) is 1.02. The monoisotopic (exact) mass is 555 g/mol. The Labute approximate surface area is 230 Å². The van der Waals surface area contributed by atoms with Gasteiger partial charge in [-0.3, -0.25) is 9.69 Å². The molecule has 0 aromatic heterocycles. The van der Waals surface area contributed by atoms with E-state index in [-0.39, 0.29) is 5.91 Å². The van der Waals surface area contributed by atoms with Gasteiger partial charge in [-0.25, -0.2) is 0 Å². The molecule has 0 radical (unpaired) electrons. The van der Waals surface area contributed by atoms with E-state index in [4.69, 9.17) is 44.9 Å². The third-order valence-electron chi connectivity index (χ3n) is 5.29. The van der Waals surface area contributed by atoms with Crippen LogP contribution in [0.15, 0.2) is 78.2 Å². The van der Waals surface area contributed by atoms with Gasteiger partial charge in [-0.2, -0.15) is 0 Å². The lowest BCUT2D eigenvalue weighted by atomic mass is 10.0. The molecule has 36 heavy (non-hydrogen) atoms. The number of rotatable bonds is 9. The molecule has 3 aromatic carbocycles. The van der Waals surface area contributed by atoms with E-state index in [0.29, 0.717) is 56.1 Å². The number of hydrogen-bond donors (Lipinski definition) is 0. The maximum absolute atomic E-state index is 13.3. The molecule has 1 saturated heterocycles. The van der Waals surface area contributed by atoms with Crippen LogP contribution < -0.4 is 14.4 Å². The topological polar surface area (TPSA) is 38.8 Å². The van der Waals surface area contributed by atoms with Crippen LogP contribution in [0.4, 0.5) is 5.69 Å². The first kappa shape index (κ1) is 26.3. The quantitative estimate of drug-likeness (QED) is 0.151. The van der Waals surface area contributed by atoms with Gasteiger partial charge in [-0.1, -0.05) is 83.6 Å². The summed E-state index contributed by atoms with van der Waals surface area (Å²) >= 11 is 19.1. The van der Waals surface area contributed by atoms with Gasteiger partial charge in [-0.05, 0) is 60.9 Å². The third kappa shape index (κ3) is 5.95. The Morgan fingerprint density at radius 1 is 1.08 bits per heavy atom. The van der Waals surface area contributed by atoms with Crippen molar-refractivity contribution in [2.75, 3.05) is 11.5 Å². The molecule has 8 heteroatoms. The maximum Gasteiger partial charge on any atom is 0.270 e. The summed E-state index contributed by atoms with van der Waals surface area (Å²) in [6.45, 7) is 6.68. The molecule has 0 unspecified atom stereocenters. The van der Waals surface area contributed by atoms with Gasteiger partial charge in [0.1, 0.15) is 6.61 Å². The lowest BCUT2D eigenvalue weighted by molar-refractivity contribution is -0.113. The Balaban J connectivity index is 1.67. The Morgan fingerprint density at radius 2 is 1.86 bits per heavy atom. The predicted molar refractivity (Wildman–Crippen MR) is 154 cm³/mol. The first-order chi connectivity index (χ1) is 17.4. The van der Waals surface area contributed by atoms with Crippen LogP contribution in [-0.2, 0) is 17.8 Å². The second-order valence-electron chi connectivity index (χ2n) is 7.82. The second kappa shape index (κ2) is 12.0. The molecule has 184 valence electrons. The number of amides is 1. The molecule has 0 N–H and O–H groups in total. The standard InChI is InChI=1S/C28H23Cl2NO3S2/c1-3-8-20-13-19(14-24(33-4-2)26(20)34-17-18-9-6-5-7-10-18)15-25-27(32)31(28(35)36-25)23-12-11-21(29)16-22(23)30/h3,5-7,9-16H,1,4,8,17H2,2H3/b25-15+. The summed E-state index contributed by atoms with van der Waals surface area (Å²) < 4.78 is 12.5. The van der Waals surface area contributed by atoms with Crippen molar-refractivity contribution in [2.45, 2.75) is 20.0 Å². The maximum atomic E-state index is 13.3. The smallest absolute Gasteiger partial charge is 0.270 e. The van der Waals surface area contributed by atoms with Gasteiger partial charge in [0, 0.05) is 10.6 Å². The molecule has 0 saturated carbocycles. The van der Waals surface area contributed by atoms with Gasteiger partial charge in [0.25, 0.3) is 5.91 Å². The van der Waals surface area contributed by atoms with Crippen LogP contribution in [0, 0.1) is 0 Å². The van der Waals surface area contributed by atoms with Crippen molar-refractivity contribution in [3.8, 4) is 11.5 Å². The molecule has 3 aromatic rings. The van der Waals surface area contributed by atoms with E-state index in [1.807, 2.05) is 55.5 Å². The predicted octanol–water partition coefficient (Wildman–Crippen LogP) is 8.11. The van der Waals surface area contributed by atoms with E-state index in [1.165, 1.54) is 16.7 Å². The normalized spacial score (nSPS) is 14.4. The zero-order valence-corrected chi connectivity index (χ0v) is 22.6. The summed E-state index contributed by atoms with van der Waals surface area (Å²) in [6, 6.07) is 18.7. The van der Waals surface area contributed by atoms with Crippen LogP contribution in [0.1, 0.15) is 23.6 Å². The molecule has 4 nitrogen and oxygen atoms in total. The molecule has 1 fully saturated rings. The van der Waals surface area contributed by atoms with E-state index in [1.54, 1.807) is 24.3 Å². The third-order valence-corrected chi connectivity index (χ3v) is 7.13. The number of halogens is 2. The lowest BCUT2D eigenvalue weighted by Gasteiger charge is -2.17. The Hall–Kier alpha value is -2.77. The van der Waals surface area contributed by atoms with Crippen molar-refractivity contribution in [3.05, 3.63) is 105 Å². The van der Waals surface area contributed by atoms with Gasteiger partial charge >= 0.3 is 0 Å². The van der Waals surface area contributed by atoms with Crippen molar-refractivity contribution in [1.29, 1.82) is 0 Å². The van der Waals surface area contributed by atoms with Crippen LogP contribution >= 0.6 is 47.2 Å². The average Bonchev–Trinajstić information content (AvgIpc) is 3.12. The summed E-state index contributed by atoms with van der Waals surface area (Å²) in [7, 11) is 0. The highest BCUT2D eigenvalue weighted by Gasteiger charge is 2.34. The fourth-order valence-corrected chi connectivity index (χ4v) is 5.50. The minimum Gasteiger partial charge on any atom is -0.490 e. The molecule has 1 amide bonds. The number of thioether (sulfide) groups is 1. The molecule has 0 spiro atoms. The van der Waals surface area contributed by atoms with Crippen molar-refractivity contribution < 1.29 is 14.3 Å². The number of allylic oxidation sites excluding steroid dienone is 1. The Morgan fingerprint density at radius 3 is 2.56 bits per heavy atom. The lowest BCUT2D eigenvalue weighted by Crippen LogP contribution is -2.27. The highest BCUT2D eigenvalue weighted by Crippen LogP contribution is 2.41. The van der Waals surface area contributed by atoms with Crippen molar-refractivity contribution in [3.63, 3.8) is 0 Å². The Bertz CT molecular complexity index is 1340. The summed E-state index contributed by atoms with van der Waals surface area (Å²) in [6.07, 6.45) is 4.19. The van der Waals surface area contributed by atoms with Gasteiger partial charge < -0.3 is 9.47 Å². The number of benzene rings is 3. The van der Waals surface area contributed by atoms with E-state index >= 15 is 0 Å². The van der Waals surface area contributed by atoms with E-state index in [0.717, 1.165) is 16.7 Å². The molecular formula is C28H23Cl2NO3S2. The highest BCUT2D eigenvalue weighted by atomic mass is 35.5. The zero-order valence-electron chi connectivity index (χ0n) is 19.5. The molecule has 4 rings (SSSR count). The molecule has 0 bridgehead atoms. The van der Waals surface area contributed by atoms with Crippen molar-refractivity contribution in [2.24, 2.45) is 0 Å². The van der Waals surface area contributed by atoms with Gasteiger partial charge in [0.15, 0.2) is 15.8 Å². The first-order valence-electron chi connectivity index (χ1n) is 11.2. The number of nitrogens with zero attached hydrogens (tertiary/aromatic N) is 1. The Kier molecular flexibility index (Phi) is 8.75. The largest absolute Gasteiger partial charge is 0.490 e. The number of thiocarbonyl (C=S) groups is 1. The molecule has 0 atom stereocenters.